The van der Waals surface area contributed by atoms with Crippen LogP contribution in [0.3, 0.4) is 0 Å². The van der Waals surface area contributed by atoms with E-state index in [1.54, 1.807) is 43.5 Å². The minimum absolute atomic E-state index is 0.148. The molecule has 0 saturated heterocycles. The Morgan fingerprint density at radius 1 is 1.00 bits per heavy atom. The van der Waals surface area contributed by atoms with Crippen LogP contribution in [-0.2, 0) is 11.2 Å². The molecular weight excluding hydrogens is 414 g/mol. The van der Waals surface area contributed by atoms with Gasteiger partial charge in [-0.1, -0.05) is 23.7 Å². The Hall–Kier alpha value is -3.57. The van der Waals surface area contributed by atoms with Crippen molar-refractivity contribution in [2.45, 2.75) is 13.3 Å². The maximum Gasteiger partial charge on any atom is 0.228 e. The summed E-state index contributed by atoms with van der Waals surface area (Å²) in [5.41, 5.74) is 3.28. The Labute approximate surface area is 184 Å². The molecule has 0 aliphatic rings. The van der Waals surface area contributed by atoms with Crippen LogP contribution in [0, 0.1) is 6.92 Å². The zero-order valence-electron chi connectivity index (χ0n) is 17.1. The molecule has 4 aromatic rings. The number of carbonyl (C=O) groups excluding carboxylic acids is 2. The van der Waals surface area contributed by atoms with Crippen LogP contribution in [-0.4, -0.2) is 18.8 Å². The highest BCUT2D eigenvalue weighted by Gasteiger charge is 2.19. The van der Waals surface area contributed by atoms with Crippen molar-refractivity contribution in [3.8, 4) is 5.75 Å². The van der Waals surface area contributed by atoms with Crippen LogP contribution >= 0.6 is 11.6 Å². The molecule has 0 saturated carbocycles. The molecule has 0 bridgehead atoms. The maximum absolute atomic E-state index is 12.8. The molecule has 0 fully saturated rings. The second kappa shape index (κ2) is 8.66. The van der Waals surface area contributed by atoms with Crippen molar-refractivity contribution >= 4 is 39.9 Å². The number of amides is 1. The van der Waals surface area contributed by atoms with Crippen LogP contribution in [0.1, 0.15) is 27.2 Å². The first kappa shape index (κ1) is 20.7. The SMILES string of the molecule is COc1ccc(CC(=O)Nc2ccc3c(C)c(C(=O)c4ccc(Cl)cc4)oc3c2)cc1. The highest BCUT2D eigenvalue weighted by molar-refractivity contribution is 6.30. The van der Waals surface area contributed by atoms with Gasteiger partial charge in [0.2, 0.25) is 11.7 Å². The summed E-state index contributed by atoms with van der Waals surface area (Å²) in [6.07, 6.45) is 0.236. The molecule has 0 atom stereocenters. The Morgan fingerprint density at radius 3 is 2.39 bits per heavy atom. The van der Waals surface area contributed by atoms with Gasteiger partial charge in [0.15, 0.2) is 5.76 Å². The standard InChI is InChI=1S/C25H20ClNO4/c1-15-21-12-9-19(27-23(28)13-16-3-10-20(30-2)11-4-16)14-22(21)31-25(15)24(29)17-5-7-18(26)8-6-17/h3-12,14H,13H2,1-2H3,(H,27,28). The third-order valence-electron chi connectivity index (χ3n) is 5.06. The molecule has 31 heavy (non-hydrogen) atoms. The molecule has 156 valence electrons. The largest absolute Gasteiger partial charge is 0.497 e. The van der Waals surface area contributed by atoms with Crippen molar-refractivity contribution in [3.63, 3.8) is 0 Å². The van der Waals surface area contributed by atoms with Crippen molar-refractivity contribution in [2.24, 2.45) is 0 Å². The second-order valence-corrected chi connectivity index (χ2v) is 7.61. The second-order valence-electron chi connectivity index (χ2n) is 7.18. The van der Waals surface area contributed by atoms with E-state index in [4.69, 9.17) is 20.8 Å². The number of hydrogen-bond donors (Lipinski definition) is 1. The fourth-order valence-corrected chi connectivity index (χ4v) is 3.51. The number of aryl methyl sites for hydroxylation is 1. The highest BCUT2D eigenvalue weighted by Crippen LogP contribution is 2.29. The number of anilines is 1. The average Bonchev–Trinajstić information content (AvgIpc) is 3.10. The predicted molar refractivity (Wildman–Crippen MR) is 121 cm³/mol. The van der Waals surface area contributed by atoms with Gasteiger partial charge in [-0.05, 0) is 61.0 Å². The number of ketones is 1. The van der Waals surface area contributed by atoms with Crippen molar-refractivity contribution in [1.82, 2.24) is 0 Å². The first-order valence-electron chi connectivity index (χ1n) is 9.71. The first-order valence-corrected chi connectivity index (χ1v) is 10.1. The zero-order chi connectivity index (χ0) is 22.0. The van der Waals surface area contributed by atoms with Crippen molar-refractivity contribution in [1.29, 1.82) is 0 Å². The van der Waals surface area contributed by atoms with E-state index in [1.165, 1.54) is 0 Å². The van der Waals surface area contributed by atoms with Gasteiger partial charge in [0.25, 0.3) is 0 Å². The van der Waals surface area contributed by atoms with Gasteiger partial charge < -0.3 is 14.5 Å². The van der Waals surface area contributed by atoms with E-state index < -0.39 is 0 Å². The lowest BCUT2D eigenvalue weighted by Gasteiger charge is -2.06. The van der Waals surface area contributed by atoms with E-state index in [1.807, 2.05) is 37.3 Å². The van der Waals surface area contributed by atoms with Crippen molar-refractivity contribution < 1.29 is 18.7 Å². The van der Waals surface area contributed by atoms with E-state index in [-0.39, 0.29) is 23.9 Å². The van der Waals surface area contributed by atoms with Crippen molar-refractivity contribution in [3.05, 3.63) is 94.2 Å². The number of ether oxygens (including phenoxy) is 1. The van der Waals surface area contributed by atoms with Gasteiger partial charge in [-0.3, -0.25) is 9.59 Å². The number of nitrogens with one attached hydrogen (secondary N) is 1. The molecule has 1 heterocycles. The van der Waals surface area contributed by atoms with Crippen molar-refractivity contribution in [2.75, 3.05) is 12.4 Å². The number of rotatable bonds is 6. The number of halogens is 1. The Balaban J connectivity index is 1.53. The van der Waals surface area contributed by atoms with Gasteiger partial charge in [0.1, 0.15) is 11.3 Å². The summed E-state index contributed by atoms with van der Waals surface area (Å²) in [5, 5.41) is 4.26. The summed E-state index contributed by atoms with van der Waals surface area (Å²) in [6, 6.07) is 19.4. The first-order chi connectivity index (χ1) is 14.9. The molecule has 1 aromatic heterocycles. The molecule has 0 unspecified atom stereocenters. The quantitative estimate of drug-likeness (QED) is 0.389. The molecule has 5 nitrogen and oxygen atoms in total. The minimum atomic E-state index is -0.213. The third-order valence-corrected chi connectivity index (χ3v) is 5.31. The fraction of sp³-hybridized carbons (Fsp3) is 0.120. The molecular formula is C25H20ClNO4. The van der Waals surface area contributed by atoms with E-state index in [0.29, 0.717) is 21.9 Å². The Bertz CT molecular complexity index is 1260. The lowest BCUT2D eigenvalue weighted by Crippen LogP contribution is -2.14. The number of methoxy groups -OCH3 is 1. The zero-order valence-corrected chi connectivity index (χ0v) is 17.8. The van der Waals surface area contributed by atoms with Gasteiger partial charge in [-0.15, -0.1) is 0 Å². The van der Waals surface area contributed by atoms with Gasteiger partial charge >= 0.3 is 0 Å². The molecule has 6 heteroatoms. The molecule has 1 N–H and O–H groups in total. The van der Waals surface area contributed by atoms with Gasteiger partial charge in [0, 0.05) is 33.3 Å². The van der Waals surface area contributed by atoms with E-state index >= 15 is 0 Å². The third kappa shape index (κ3) is 4.47. The molecule has 0 aliphatic heterocycles. The molecule has 3 aromatic carbocycles. The van der Waals surface area contributed by atoms with Crippen LogP contribution in [0.4, 0.5) is 5.69 Å². The van der Waals surface area contributed by atoms with Crippen LogP contribution in [0.25, 0.3) is 11.0 Å². The lowest BCUT2D eigenvalue weighted by atomic mass is 10.0. The number of fused-ring (bicyclic) bond motifs is 1. The monoisotopic (exact) mass is 433 g/mol. The number of benzene rings is 3. The van der Waals surface area contributed by atoms with Crippen LogP contribution in [0.2, 0.25) is 5.02 Å². The van der Waals surface area contributed by atoms with Crippen LogP contribution in [0.15, 0.2) is 71.1 Å². The summed E-state index contributed by atoms with van der Waals surface area (Å²) in [5.74, 6) is 0.659. The number of furan rings is 1. The summed E-state index contributed by atoms with van der Waals surface area (Å²) in [7, 11) is 1.60. The Kier molecular flexibility index (Phi) is 5.78. The molecule has 0 spiro atoms. The maximum atomic E-state index is 12.8. The average molecular weight is 434 g/mol. The number of carbonyl (C=O) groups is 2. The molecule has 0 aliphatic carbocycles. The summed E-state index contributed by atoms with van der Waals surface area (Å²) >= 11 is 5.91. The smallest absolute Gasteiger partial charge is 0.228 e. The number of hydrogen-bond acceptors (Lipinski definition) is 4. The van der Waals surface area contributed by atoms with Gasteiger partial charge in [-0.2, -0.15) is 0 Å². The van der Waals surface area contributed by atoms with Crippen LogP contribution < -0.4 is 10.1 Å². The van der Waals surface area contributed by atoms with Gasteiger partial charge in [-0.25, -0.2) is 0 Å². The lowest BCUT2D eigenvalue weighted by molar-refractivity contribution is -0.115. The minimum Gasteiger partial charge on any atom is -0.497 e. The van der Waals surface area contributed by atoms with E-state index in [2.05, 4.69) is 5.32 Å². The molecule has 4 rings (SSSR count). The highest BCUT2D eigenvalue weighted by atomic mass is 35.5. The summed E-state index contributed by atoms with van der Waals surface area (Å²) < 4.78 is 11.0. The summed E-state index contributed by atoms with van der Waals surface area (Å²) in [6.45, 7) is 1.84. The van der Waals surface area contributed by atoms with Gasteiger partial charge in [0.05, 0.1) is 13.5 Å². The normalized spacial score (nSPS) is 10.8. The Morgan fingerprint density at radius 2 is 1.71 bits per heavy atom. The fourth-order valence-electron chi connectivity index (χ4n) is 3.39. The summed E-state index contributed by atoms with van der Waals surface area (Å²) in [4.78, 5) is 25.3. The molecule has 1 amide bonds. The molecule has 0 radical (unpaired) electrons. The predicted octanol–water partition coefficient (Wildman–Crippen LogP) is 5.82. The topological polar surface area (TPSA) is 68.5 Å². The van der Waals surface area contributed by atoms with Crippen LogP contribution in [0.5, 0.6) is 5.75 Å². The van der Waals surface area contributed by atoms with E-state index in [0.717, 1.165) is 22.3 Å². The van der Waals surface area contributed by atoms with E-state index in [9.17, 15) is 9.59 Å².